The Labute approximate surface area is 110 Å². The zero-order valence-electron chi connectivity index (χ0n) is 10.6. The average molecular weight is 273 g/mol. The Morgan fingerprint density at radius 2 is 2.05 bits per heavy atom. The molecule has 0 aliphatic rings. The van der Waals surface area contributed by atoms with Crippen LogP contribution >= 0.6 is 0 Å². The second-order valence-corrected chi connectivity index (χ2v) is 4.04. The summed E-state index contributed by atoms with van der Waals surface area (Å²) in [5.41, 5.74) is 5.88. The number of halogens is 2. The number of Topliss-reactive ketones (excluding diaryl/α,β-unsaturated/α-hetero) is 1. The normalized spacial score (nSPS) is 12.5. The van der Waals surface area contributed by atoms with Gasteiger partial charge in [-0.3, -0.25) is 4.79 Å². The molecule has 0 aliphatic carbocycles. The Balaban J connectivity index is 2.70. The van der Waals surface area contributed by atoms with Crippen molar-refractivity contribution in [3.63, 3.8) is 0 Å². The van der Waals surface area contributed by atoms with Crippen LogP contribution < -0.4 is 10.5 Å². The van der Waals surface area contributed by atoms with E-state index < -0.39 is 6.61 Å². The van der Waals surface area contributed by atoms with Crippen LogP contribution in [0.1, 0.15) is 23.2 Å². The van der Waals surface area contributed by atoms with E-state index >= 15 is 0 Å². The summed E-state index contributed by atoms with van der Waals surface area (Å²) in [6.07, 6.45) is 0.590. The predicted octanol–water partition coefficient (Wildman–Crippen LogP) is 2.22. The largest absolute Gasteiger partial charge is 0.434 e. The molecule has 0 saturated heterocycles. The van der Waals surface area contributed by atoms with E-state index in [0.29, 0.717) is 13.0 Å². The molecule has 106 valence electrons. The fourth-order valence-electron chi connectivity index (χ4n) is 1.62. The van der Waals surface area contributed by atoms with E-state index in [4.69, 9.17) is 10.5 Å². The molecule has 0 amide bonds. The molecular weight excluding hydrogens is 256 g/mol. The van der Waals surface area contributed by atoms with Gasteiger partial charge in [0.1, 0.15) is 5.75 Å². The molecule has 1 unspecified atom stereocenters. The lowest BCUT2D eigenvalue weighted by molar-refractivity contribution is -0.0501. The number of methoxy groups -OCH3 is 1. The fourth-order valence-corrected chi connectivity index (χ4v) is 1.62. The first-order valence-corrected chi connectivity index (χ1v) is 5.86. The molecule has 0 saturated carbocycles. The number of carbonyl (C=O) groups is 1. The van der Waals surface area contributed by atoms with Gasteiger partial charge < -0.3 is 15.2 Å². The predicted molar refractivity (Wildman–Crippen MR) is 66.5 cm³/mol. The first-order valence-electron chi connectivity index (χ1n) is 5.86. The second kappa shape index (κ2) is 7.81. The molecule has 0 aromatic heterocycles. The third-order valence-corrected chi connectivity index (χ3v) is 2.54. The van der Waals surface area contributed by atoms with E-state index in [1.807, 2.05) is 0 Å². The van der Waals surface area contributed by atoms with Gasteiger partial charge in [0, 0.05) is 26.2 Å². The summed E-state index contributed by atoms with van der Waals surface area (Å²) in [5, 5.41) is 0. The lowest BCUT2D eigenvalue weighted by atomic mass is 10.0. The number of alkyl halides is 2. The van der Waals surface area contributed by atoms with Crippen molar-refractivity contribution in [1.82, 2.24) is 0 Å². The van der Waals surface area contributed by atoms with Gasteiger partial charge in [-0.25, -0.2) is 0 Å². The van der Waals surface area contributed by atoms with E-state index in [1.165, 1.54) is 18.2 Å². The van der Waals surface area contributed by atoms with Crippen molar-refractivity contribution in [2.45, 2.75) is 25.5 Å². The van der Waals surface area contributed by atoms with Gasteiger partial charge in [0.2, 0.25) is 0 Å². The summed E-state index contributed by atoms with van der Waals surface area (Å²) in [5.74, 6) is -0.443. The van der Waals surface area contributed by atoms with Crippen molar-refractivity contribution in [2.75, 3.05) is 13.7 Å². The van der Waals surface area contributed by atoms with Crippen molar-refractivity contribution in [3.8, 4) is 5.75 Å². The van der Waals surface area contributed by atoms with Gasteiger partial charge >= 0.3 is 6.61 Å². The molecule has 0 aliphatic heterocycles. The Kier molecular flexibility index (Phi) is 6.38. The summed E-state index contributed by atoms with van der Waals surface area (Å²) in [6, 6.07) is 5.53. The maximum absolute atomic E-state index is 12.2. The van der Waals surface area contributed by atoms with Crippen LogP contribution in [0, 0.1) is 0 Å². The molecule has 0 bridgehead atoms. The van der Waals surface area contributed by atoms with Gasteiger partial charge in [-0.2, -0.15) is 8.78 Å². The van der Waals surface area contributed by atoms with E-state index in [1.54, 1.807) is 13.2 Å². The molecule has 0 radical (unpaired) electrons. The quantitative estimate of drug-likeness (QED) is 0.738. The minimum absolute atomic E-state index is 0.0625. The maximum Gasteiger partial charge on any atom is 0.387 e. The molecule has 19 heavy (non-hydrogen) atoms. The number of rotatable bonds is 8. The number of para-hydroxylation sites is 1. The minimum atomic E-state index is -2.96. The molecule has 1 aromatic carbocycles. The molecule has 1 atom stereocenters. The number of hydrogen-bond acceptors (Lipinski definition) is 4. The number of ether oxygens (including phenoxy) is 2. The number of ketones is 1. The molecule has 0 spiro atoms. The SMILES string of the molecule is COCCC(N)CC(=O)c1ccccc1OC(F)F. The van der Waals surface area contributed by atoms with Crippen molar-refractivity contribution in [3.05, 3.63) is 29.8 Å². The van der Waals surface area contributed by atoms with Crippen LogP contribution in [0.3, 0.4) is 0 Å². The summed E-state index contributed by atoms with van der Waals surface area (Å²) >= 11 is 0. The fraction of sp³-hybridized carbons (Fsp3) is 0.462. The third-order valence-electron chi connectivity index (χ3n) is 2.54. The highest BCUT2D eigenvalue weighted by Crippen LogP contribution is 2.22. The highest BCUT2D eigenvalue weighted by molar-refractivity contribution is 5.99. The van der Waals surface area contributed by atoms with Crippen LogP contribution in [0.15, 0.2) is 24.3 Å². The molecule has 6 heteroatoms. The first-order chi connectivity index (χ1) is 9.04. The summed E-state index contributed by atoms with van der Waals surface area (Å²) in [7, 11) is 1.54. The van der Waals surface area contributed by atoms with E-state index in [0.717, 1.165) is 0 Å². The van der Waals surface area contributed by atoms with Crippen LogP contribution in [0.2, 0.25) is 0 Å². The number of benzene rings is 1. The minimum Gasteiger partial charge on any atom is -0.434 e. The highest BCUT2D eigenvalue weighted by Gasteiger charge is 2.17. The topological polar surface area (TPSA) is 61.5 Å². The lowest BCUT2D eigenvalue weighted by Crippen LogP contribution is -2.25. The van der Waals surface area contributed by atoms with Crippen LogP contribution in [-0.4, -0.2) is 32.2 Å². The Morgan fingerprint density at radius 1 is 1.37 bits per heavy atom. The van der Waals surface area contributed by atoms with Crippen LogP contribution in [0.4, 0.5) is 8.78 Å². The summed E-state index contributed by atoms with van der Waals surface area (Å²) in [4.78, 5) is 12.0. The summed E-state index contributed by atoms with van der Waals surface area (Å²) in [6.45, 7) is -2.51. The Morgan fingerprint density at radius 3 is 2.68 bits per heavy atom. The van der Waals surface area contributed by atoms with Crippen LogP contribution in [0.25, 0.3) is 0 Å². The van der Waals surface area contributed by atoms with Crippen molar-refractivity contribution < 1.29 is 23.0 Å². The lowest BCUT2D eigenvalue weighted by Gasteiger charge is -2.12. The monoisotopic (exact) mass is 273 g/mol. The molecule has 1 rings (SSSR count). The molecule has 1 aromatic rings. The standard InChI is InChI=1S/C13H17F2NO3/c1-18-7-6-9(16)8-11(17)10-4-2-3-5-12(10)19-13(14)15/h2-5,9,13H,6-8,16H2,1H3. The van der Waals surface area contributed by atoms with Crippen molar-refractivity contribution in [1.29, 1.82) is 0 Å². The van der Waals surface area contributed by atoms with Gasteiger partial charge in [0.15, 0.2) is 5.78 Å². The van der Waals surface area contributed by atoms with Gasteiger partial charge in [0.05, 0.1) is 5.56 Å². The van der Waals surface area contributed by atoms with Crippen molar-refractivity contribution >= 4 is 5.78 Å². The number of hydrogen-bond donors (Lipinski definition) is 1. The molecule has 0 heterocycles. The Hall–Kier alpha value is -1.53. The zero-order chi connectivity index (χ0) is 14.3. The van der Waals surface area contributed by atoms with E-state index in [2.05, 4.69) is 4.74 Å². The van der Waals surface area contributed by atoms with E-state index in [-0.39, 0.29) is 29.6 Å². The van der Waals surface area contributed by atoms with Crippen LogP contribution in [-0.2, 0) is 4.74 Å². The zero-order valence-corrected chi connectivity index (χ0v) is 10.6. The van der Waals surface area contributed by atoms with E-state index in [9.17, 15) is 13.6 Å². The smallest absolute Gasteiger partial charge is 0.387 e. The van der Waals surface area contributed by atoms with Gasteiger partial charge in [0.25, 0.3) is 0 Å². The molecule has 2 N–H and O–H groups in total. The van der Waals surface area contributed by atoms with Crippen molar-refractivity contribution in [2.24, 2.45) is 5.73 Å². The van der Waals surface area contributed by atoms with Gasteiger partial charge in [-0.1, -0.05) is 12.1 Å². The molecular formula is C13H17F2NO3. The highest BCUT2D eigenvalue weighted by atomic mass is 19.3. The number of nitrogens with two attached hydrogens (primary N) is 1. The van der Waals surface area contributed by atoms with Crippen LogP contribution in [0.5, 0.6) is 5.75 Å². The number of carbonyl (C=O) groups excluding carboxylic acids is 1. The van der Waals surface area contributed by atoms with Gasteiger partial charge in [-0.15, -0.1) is 0 Å². The Bertz CT molecular complexity index is 413. The van der Waals surface area contributed by atoms with Gasteiger partial charge in [-0.05, 0) is 18.6 Å². The third kappa shape index (κ3) is 5.32. The molecule has 0 fully saturated rings. The first kappa shape index (κ1) is 15.5. The molecule has 4 nitrogen and oxygen atoms in total. The second-order valence-electron chi connectivity index (χ2n) is 4.04. The average Bonchev–Trinajstić information content (AvgIpc) is 2.36. The maximum atomic E-state index is 12.2. The summed E-state index contributed by atoms with van der Waals surface area (Å²) < 4.78 is 33.6.